The van der Waals surface area contributed by atoms with Crippen molar-refractivity contribution in [3.63, 3.8) is 0 Å². The number of nitrogens with one attached hydrogen (secondary N) is 2. The first-order valence-corrected chi connectivity index (χ1v) is 8.34. The SMILES string of the molecule is CN(C)CCNC(=O)C1CCC(C(=O)Nc2ccccc2)CC1. The summed E-state index contributed by atoms with van der Waals surface area (Å²) in [4.78, 5) is 26.4. The van der Waals surface area contributed by atoms with Crippen LogP contribution in [0.25, 0.3) is 0 Å². The van der Waals surface area contributed by atoms with Gasteiger partial charge in [-0.05, 0) is 51.9 Å². The van der Waals surface area contributed by atoms with Gasteiger partial charge in [0.2, 0.25) is 11.8 Å². The van der Waals surface area contributed by atoms with E-state index in [1.54, 1.807) is 0 Å². The van der Waals surface area contributed by atoms with Crippen molar-refractivity contribution in [3.8, 4) is 0 Å². The number of para-hydroxylation sites is 1. The fourth-order valence-corrected chi connectivity index (χ4v) is 2.93. The molecule has 2 N–H and O–H groups in total. The van der Waals surface area contributed by atoms with Gasteiger partial charge in [-0.15, -0.1) is 0 Å². The highest BCUT2D eigenvalue weighted by Gasteiger charge is 2.29. The van der Waals surface area contributed by atoms with Crippen molar-refractivity contribution in [2.45, 2.75) is 25.7 Å². The standard InChI is InChI=1S/C18H27N3O2/c1-21(2)13-12-19-17(22)14-8-10-15(11-9-14)18(23)20-16-6-4-3-5-7-16/h3-7,14-15H,8-13H2,1-2H3,(H,19,22)(H,20,23). The Hall–Kier alpha value is -1.88. The van der Waals surface area contributed by atoms with Gasteiger partial charge in [0.05, 0.1) is 0 Å². The highest BCUT2D eigenvalue weighted by atomic mass is 16.2. The summed E-state index contributed by atoms with van der Waals surface area (Å²) in [7, 11) is 3.98. The van der Waals surface area contributed by atoms with Crippen molar-refractivity contribution < 1.29 is 9.59 Å². The van der Waals surface area contributed by atoms with E-state index in [4.69, 9.17) is 0 Å². The van der Waals surface area contributed by atoms with Crippen molar-refractivity contribution in [3.05, 3.63) is 30.3 Å². The maximum Gasteiger partial charge on any atom is 0.227 e. The number of rotatable bonds is 6. The van der Waals surface area contributed by atoms with Crippen LogP contribution in [0.5, 0.6) is 0 Å². The number of nitrogens with zero attached hydrogens (tertiary/aromatic N) is 1. The van der Waals surface area contributed by atoms with Crippen molar-refractivity contribution in [1.82, 2.24) is 10.2 Å². The quantitative estimate of drug-likeness (QED) is 0.845. The summed E-state index contributed by atoms with van der Waals surface area (Å²) in [6.45, 7) is 1.53. The molecule has 5 nitrogen and oxygen atoms in total. The van der Waals surface area contributed by atoms with Crippen LogP contribution in [0.1, 0.15) is 25.7 Å². The molecule has 0 atom stereocenters. The molecule has 5 heteroatoms. The molecule has 0 radical (unpaired) electrons. The lowest BCUT2D eigenvalue weighted by atomic mass is 9.81. The average molecular weight is 317 g/mol. The van der Waals surface area contributed by atoms with Gasteiger partial charge in [0.25, 0.3) is 0 Å². The lowest BCUT2D eigenvalue weighted by Gasteiger charge is -2.27. The molecule has 23 heavy (non-hydrogen) atoms. The molecule has 1 aliphatic rings. The first kappa shape index (κ1) is 17.5. The molecule has 0 saturated heterocycles. The molecule has 1 saturated carbocycles. The van der Waals surface area contributed by atoms with E-state index >= 15 is 0 Å². The summed E-state index contributed by atoms with van der Waals surface area (Å²) in [5.74, 6) is 0.274. The molecule has 1 aromatic rings. The van der Waals surface area contributed by atoms with Gasteiger partial charge in [-0.3, -0.25) is 9.59 Å². The molecule has 0 unspecified atom stereocenters. The summed E-state index contributed by atoms with van der Waals surface area (Å²) < 4.78 is 0. The Balaban J connectivity index is 1.73. The topological polar surface area (TPSA) is 61.4 Å². The van der Waals surface area contributed by atoms with E-state index in [9.17, 15) is 9.59 Å². The molecule has 0 aliphatic heterocycles. The zero-order valence-corrected chi connectivity index (χ0v) is 14.0. The van der Waals surface area contributed by atoms with E-state index in [0.29, 0.717) is 6.54 Å². The Kier molecular flexibility index (Phi) is 6.59. The molecule has 0 spiro atoms. The maximum absolute atomic E-state index is 12.3. The summed E-state index contributed by atoms with van der Waals surface area (Å²) in [5, 5.41) is 5.94. The highest BCUT2D eigenvalue weighted by molar-refractivity contribution is 5.92. The third-order valence-corrected chi connectivity index (χ3v) is 4.37. The van der Waals surface area contributed by atoms with Crippen molar-refractivity contribution in [2.75, 3.05) is 32.5 Å². The van der Waals surface area contributed by atoms with Gasteiger partial charge in [-0.2, -0.15) is 0 Å². The normalized spacial score (nSPS) is 21.0. The summed E-state index contributed by atoms with van der Waals surface area (Å²) >= 11 is 0. The molecule has 1 aromatic carbocycles. The van der Waals surface area contributed by atoms with Crippen LogP contribution < -0.4 is 10.6 Å². The van der Waals surface area contributed by atoms with Gasteiger partial charge in [-0.1, -0.05) is 18.2 Å². The Morgan fingerprint density at radius 1 is 1.00 bits per heavy atom. The minimum Gasteiger partial charge on any atom is -0.355 e. The second-order valence-corrected chi connectivity index (χ2v) is 6.50. The molecule has 126 valence electrons. The number of hydrogen-bond acceptors (Lipinski definition) is 3. The first-order chi connectivity index (χ1) is 11.1. The fourth-order valence-electron chi connectivity index (χ4n) is 2.93. The largest absolute Gasteiger partial charge is 0.355 e. The third-order valence-electron chi connectivity index (χ3n) is 4.37. The van der Waals surface area contributed by atoms with Crippen molar-refractivity contribution in [2.24, 2.45) is 11.8 Å². The lowest BCUT2D eigenvalue weighted by molar-refractivity contribution is -0.128. The van der Waals surface area contributed by atoms with E-state index in [1.807, 2.05) is 49.3 Å². The number of amides is 2. The Morgan fingerprint density at radius 2 is 1.57 bits per heavy atom. The zero-order valence-electron chi connectivity index (χ0n) is 14.0. The molecule has 0 aromatic heterocycles. The number of anilines is 1. The number of likely N-dealkylation sites (N-methyl/N-ethyl adjacent to an activating group) is 1. The Bertz CT molecular complexity index is 508. The van der Waals surface area contributed by atoms with E-state index in [-0.39, 0.29) is 23.7 Å². The Labute approximate surface area is 138 Å². The van der Waals surface area contributed by atoms with Crippen LogP contribution in [0, 0.1) is 11.8 Å². The molecule has 2 amide bonds. The predicted octanol–water partition coefficient (Wildman–Crippen LogP) is 2.11. The Morgan fingerprint density at radius 3 is 2.13 bits per heavy atom. The minimum atomic E-state index is 0.0148. The molecule has 0 bridgehead atoms. The van der Waals surface area contributed by atoms with Gasteiger partial charge in [0.15, 0.2) is 0 Å². The van der Waals surface area contributed by atoms with Crippen LogP contribution in [0.4, 0.5) is 5.69 Å². The van der Waals surface area contributed by atoms with Gasteiger partial charge >= 0.3 is 0 Å². The molecule has 2 rings (SSSR count). The summed E-state index contributed by atoms with van der Waals surface area (Å²) in [6.07, 6.45) is 3.15. The molecular weight excluding hydrogens is 290 g/mol. The van der Waals surface area contributed by atoms with E-state index in [2.05, 4.69) is 10.6 Å². The molecule has 1 aliphatic carbocycles. The van der Waals surface area contributed by atoms with E-state index in [1.165, 1.54) is 0 Å². The lowest BCUT2D eigenvalue weighted by Crippen LogP contribution is -2.38. The molecule has 0 heterocycles. The van der Waals surface area contributed by atoms with Crippen molar-refractivity contribution in [1.29, 1.82) is 0 Å². The van der Waals surface area contributed by atoms with Crippen LogP contribution in [0.3, 0.4) is 0 Å². The van der Waals surface area contributed by atoms with Gasteiger partial charge in [0, 0.05) is 30.6 Å². The van der Waals surface area contributed by atoms with E-state index < -0.39 is 0 Å². The highest BCUT2D eigenvalue weighted by Crippen LogP contribution is 2.29. The molecular formula is C18H27N3O2. The monoisotopic (exact) mass is 317 g/mol. The van der Waals surface area contributed by atoms with Crippen LogP contribution in [-0.2, 0) is 9.59 Å². The van der Waals surface area contributed by atoms with Crippen LogP contribution >= 0.6 is 0 Å². The number of hydrogen-bond donors (Lipinski definition) is 2. The fraction of sp³-hybridized carbons (Fsp3) is 0.556. The minimum absolute atomic E-state index is 0.0148. The van der Waals surface area contributed by atoms with Gasteiger partial charge in [-0.25, -0.2) is 0 Å². The maximum atomic E-state index is 12.3. The van der Waals surface area contributed by atoms with Crippen LogP contribution in [0.2, 0.25) is 0 Å². The van der Waals surface area contributed by atoms with Gasteiger partial charge < -0.3 is 15.5 Å². The van der Waals surface area contributed by atoms with Crippen molar-refractivity contribution >= 4 is 17.5 Å². The first-order valence-electron chi connectivity index (χ1n) is 8.34. The van der Waals surface area contributed by atoms with Gasteiger partial charge in [0.1, 0.15) is 0 Å². The van der Waals surface area contributed by atoms with E-state index in [0.717, 1.165) is 37.9 Å². The number of benzene rings is 1. The number of carbonyl (C=O) groups is 2. The zero-order chi connectivity index (χ0) is 16.7. The number of carbonyl (C=O) groups excluding carboxylic acids is 2. The summed E-state index contributed by atoms with van der Waals surface area (Å²) in [6, 6.07) is 9.52. The van der Waals surface area contributed by atoms with Crippen LogP contribution in [-0.4, -0.2) is 43.9 Å². The average Bonchev–Trinajstić information content (AvgIpc) is 2.55. The molecule has 1 fully saturated rings. The van der Waals surface area contributed by atoms with Crippen LogP contribution in [0.15, 0.2) is 30.3 Å². The second kappa shape index (κ2) is 8.67. The second-order valence-electron chi connectivity index (χ2n) is 6.50. The third kappa shape index (κ3) is 5.67. The predicted molar refractivity (Wildman–Crippen MR) is 92.1 cm³/mol. The smallest absolute Gasteiger partial charge is 0.227 e. The summed E-state index contributed by atoms with van der Waals surface area (Å²) in [5.41, 5.74) is 0.834.